The predicted octanol–water partition coefficient (Wildman–Crippen LogP) is 3.33. The summed E-state index contributed by atoms with van der Waals surface area (Å²) in [6, 6.07) is 0. The number of hydrogen-bond donors (Lipinski definition) is 1. The fourth-order valence-corrected chi connectivity index (χ4v) is 1.89. The smallest absolute Gasteiger partial charge is 0.224 e. The third-order valence-corrected chi connectivity index (χ3v) is 2.70. The SMILES string of the molecule is C=CC1=C(/C=C\CCC)CC(C)CC(=O)N1. The largest absolute Gasteiger partial charge is 0.326 e. The second kappa shape index (κ2) is 6.31. The Morgan fingerprint density at radius 2 is 2.25 bits per heavy atom. The molecule has 0 aromatic carbocycles. The van der Waals surface area contributed by atoms with Crippen molar-refractivity contribution in [2.24, 2.45) is 5.92 Å². The Morgan fingerprint density at radius 3 is 2.88 bits per heavy atom. The van der Waals surface area contributed by atoms with E-state index >= 15 is 0 Å². The number of amides is 1. The molecule has 0 aromatic rings. The van der Waals surface area contributed by atoms with E-state index < -0.39 is 0 Å². The predicted molar refractivity (Wildman–Crippen MR) is 67.8 cm³/mol. The highest BCUT2D eigenvalue weighted by atomic mass is 16.1. The summed E-state index contributed by atoms with van der Waals surface area (Å²) in [6.45, 7) is 8.03. The van der Waals surface area contributed by atoms with E-state index in [-0.39, 0.29) is 5.91 Å². The molecule has 1 aliphatic rings. The molecule has 0 fully saturated rings. The number of unbranched alkanes of at least 4 members (excludes halogenated alkanes) is 1. The van der Waals surface area contributed by atoms with Crippen LogP contribution in [-0.2, 0) is 4.79 Å². The van der Waals surface area contributed by atoms with Gasteiger partial charge in [-0.15, -0.1) is 0 Å². The van der Waals surface area contributed by atoms with Crippen molar-refractivity contribution in [3.8, 4) is 0 Å². The zero-order valence-corrected chi connectivity index (χ0v) is 10.3. The maximum absolute atomic E-state index is 11.5. The number of nitrogens with one attached hydrogen (secondary N) is 1. The van der Waals surface area contributed by atoms with Crippen LogP contribution in [-0.4, -0.2) is 5.91 Å². The highest BCUT2D eigenvalue weighted by Crippen LogP contribution is 2.22. The van der Waals surface area contributed by atoms with E-state index in [9.17, 15) is 4.79 Å². The summed E-state index contributed by atoms with van der Waals surface area (Å²) in [4.78, 5) is 11.5. The van der Waals surface area contributed by atoms with E-state index in [0.717, 1.165) is 25.0 Å². The van der Waals surface area contributed by atoms with Crippen molar-refractivity contribution in [2.75, 3.05) is 0 Å². The second-order valence-electron chi connectivity index (χ2n) is 4.40. The molecule has 0 saturated heterocycles. The summed E-state index contributed by atoms with van der Waals surface area (Å²) in [5, 5.41) is 2.91. The summed E-state index contributed by atoms with van der Waals surface area (Å²) < 4.78 is 0. The third kappa shape index (κ3) is 3.69. The molecule has 2 nitrogen and oxygen atoms in total. The van der Waals surface area contributed by atoms with E-state index in [4.69, 9.17) is 0 Å². The van der Waals surface area contributed by atoms with E-state index in [1.165, 1.54) is 5.57 Å². The number of hydrogen-bond acceptors (Lipinski definition) is 1. The van der Waals surface area contributed by atoms with Gasteiger partial charge in [-0.05, 0) is 30.4 Å². The first-order valence-corrected chi connectivity index (χ1v) is 5.99. The molecule has 0 aliphatic carbocycles. The lowest BCUT2D eigenvalue weighted by atomic mass is 9.98. The molecule has 1 unspecified atom stereocenters. The van der Waals surface area contributed by atoms with Crippen molar-refractivity contribution in [1.82, 2.24) is 5.32 Å². The van der Waals surface area contributed by atoms with Crippen molar-refractivity contribution in [1.29, 1.82) is 0 Å². The zero-order chi connectivity index (χ0) is 12.0. The van der Waals surface area contributed by atoms with Gasteiger partial charge in [0.05, 0.1) is 0 Å². The Hall–Kier alpha value is -1.31. The Morgan fingerprint density at radius 1 is 1.50 bits per heavy atom. The van der Waals surface area contributed by atoms with Crippen LogP contribution in [0.2, 0.25) is 0 Å². The van der Waals surface area contributed by atoms with Crippen LogP contribution in [0.4, 0.5) is 0 Å². The van der Waals surface area contributed by atoms with Gasteiger partial charge in [0.1, 0.15) is 0 Å². The molecule has 1 heterocycles. The van der Waals surface area contributed by atoms with Gasteiger partial charge in [-0.2, -0.15) is 0 Å². The van der Waals surface area contributed by atoms with Gasteiger partial charge in [0.15, 0.2) is 0 Å². The molecule has 1 N–H and O–H groups in total. The lowest BCUT2D eigenvalue weighted by Crippen LogP contribution is -2.21. The van der Waals surface area contributed by atoms with Crippen LogP contribution in [0.5, 0.6) is 0 Å². The van der Waals surface area contributed by atoms with E-state index in [2.05, 4.69) is 37.9 Å². The minimum absolute atomic E-state index is 0.0984. The van der Waals surface area contributed by atoms with Gasteiger partial charge < -0.3 is 5.32 Å². The van der Waals surface area contributed by atoms with Crippen LogP contribution in [0.3, 0.4) is 0 Å². The second-order valence-corrected chi connectivity index (χ2v) is 4.40. The molecular weight excluding hydrogens is 198 g/mol. The molecule has 0 spiro atoms. The molecule has 0 bridgehead atoms. The summed E-state index contributed by atoms with van der Waals surface area (Å²) in [5.41, 5.74) is 2.07. The van der Waals surface area contributed by atoms with Crippen molar-refractivity contribution < 1.29 is 4.79 Å². The normalized spacial score (nSPS) is 22.1. The molecule has 1 aliphatic heterocycles. The van der Waals surface area contributed by atoms with Crippen molar-refractivity contribution >= 4 is 5.91 Å². The summed E-state index contributed by atoms with van der Waals surface area (Å²) >= 11 is 0. The summed E-state index contributed by atoms with van der Waals surface area (Å²) in [7, 11) is 0. The van der Waals surface area contributed by atoms with Gasteiger partial charge in [-0.1, -0.05) is 39.0 Å². The summed E-state index contributed by atoms with van der Waals surface area (Å²) in [5.74, 6) is 0.500. The Labute approximate surface area is 98.1 Å². The Balaban J connectivity index is 2.87. The van der Waals surface area contributed by atoms with Crippen molar-refractivity contribution in [3.05, 3.63) is 36.1 Å². The summed E-state index contributed by atoms with van der Waals surface area (Å²) in [6.07, 6.45) is 9.81. The highest BCUT2D eigenvalue weighted by Gasteiger charge is 2.17. The highest BCUT2D eigenvalue weighted by molar-refractivity contribution is 5.79. The minimum Gasteiger partial charge on any atom is -0.326 e. The minimum atomic E-state index is 0.0984. The molecule has 88 valence electrons. The number of allylic oxidation sites excluding steroid dienone is 4. The average molecular weight is 219 g/mol. The van der Waals surface area contributed by atoms with Gasteiger partial charge in [0, 0.05) is 12.1 Å². The van der Waals surface area contributed by atoms with Crippen LogP contribution in [0, 0.1) is 5.92 Å². The topological polar surface area (TPSA) is 29.1 Å². The Kier molecular flexibility index (Phi) is 5.03. The van der Waals surface area contributed by atoms with Crippen LogP contribution in [0.1, 0.15) is 39.5 Å². The maximum Gasteiger partial charge on any atom is 0.224 e. The molecule has 16 heavy (non-hydrogen) atoms. The quantitative estimate of drug-likeness (QED) is 0.772. The molecule has 1 atom stereocenters. The van der Waals surface area contributed by atoms with E-state index in [1.54, 1.807) is 6.08 Å². The van der Waals surface area contributed by atoms with E-state index in [0.29, 0.717) is 12.3 Å². The zero-order valence-electron chi connectivity index (χ0n) is 10.3. The molecule has 2 heteroatoms. The third-order valence-electron chi connectivity index (χ3n) is 2.70. The first-order valence-electron chi connectivity index (χ1n) is 5.99. The van der Waals surface area contributed by atoms with Crippen molar-refractivity contribution in [2.45, 2.75) is 39.5 Å². The monoisotopic (exact) mass is 219 g/mol. The number of rotatable bonds is 4. The first kappa shape index (κ1) is 12.8. The molecular formula is C14H21NO. The maximum atomic E-state index is 11.5. The molecule has 0 radical (unpaired) electrons. The van der Waals surface area contributed by atoms with Crippen LogP contribution < -0.4 is 5.32 Å². The number of carbonyl (C=O) groups is 1. The van der Waals surface area contributed by atoms with Gasteiger partial charge in [-0.25, -0.2) is 0 Å². The standard InChI is InChI=1S/C14H21NO/c1-4-6-7-8-12-9-11(3)10-14(16)15-13(12)5-2/h5,7-8,11H,2,4,6,9-10H2,1,3H3,(H,15,16)/b8-7-. The number of carbonyl (C=O) groups excluding carboxylic acids is 1. The van der Waals surface area contributed by atoms with Gasteiger partial charge in [0.25, 0.3) is 0 Å². The Bertz CT molecular complexity index is 326. The van der Waals surface area contributed by atoms with Crippen LogP contribution in [0.25, 0.3) is 0 Å². The van der Waals surface area contributed by atoms with Gasteiger partial charge in [0.2, 0.25) is 5.91 Å². The first-order chi connectivity index (χ1) is 7.67. The lowest BCUT2D eigenvalue weighted by Gasteiger charge is -2.07. The lowest BCUT2D eigenvalue weighted by molar-refractivity contribution is -0.120. The van der Waals surface area contributed by atoms with Crippen LogP contribution >= 0.6 is 0 Å². The molecule has 1 rings (SSSR count). The van der Waals surface area contributed by atoms with Crippen molar-refractivity contribution in [3.63, 3.8) is 0 Å². The fourth-order valence-electron chi connectivity index (χ4n) is 1.89. The van der Waals surface area contributed by atoms with Crippen LogP contribution in [0.15, 0.2) is 36.1 Å². The molecule has 0 saturated carbocycles. The van der Waals surface area contributed by atoms with E-state index in [1.807, 2.05) is 0 Å². The molecule has 0 aromatic heterocycles. The average Bonchev–Trinajstić information content (AvgIpc) is 2.37. The fraction of sp³-hybridized carbons (Fsp3) is 0.500. The van der Waals surface area contributed by atoms with Gasteiger partial charge in [-0.3, -0.25) is 4.79 Å². The van der Waals surface area contributed by atoms with Gasteiger partial charge >= 0.3 is 0 Å². The molecule has 1 amide bonds.